The van der Waals surface area contributed by atoms with E-state index < -0.39 is 5.97 Å². The van der Waals surface area contributed by atoms with Crippen molar-refractivity contribution in [2.24, 2.45) is 0 Å². The molecule has 0 atom stereocenters. The second-order valence-corrected chi connectivity index (χ2v) is 6.39. The quantitative estimate of drug-likeness (QED) is 0.717. The molecule has 108 valence electrons. The van der Waals surface area contributed by atoms with Crippen molar-refractivity contribution < 1.29 is 9.90 Å². The Balaban J connectivity index is 1.87. The van der Waals surface area contributed by atoms with Crippen LogP contribution in [0.4, 0.5) is 0 Å². The van der Waals surface area contributed by atoms with Crippen LogP contribution in [0.2, 0.25) is 0 Å². The van der Waals surface area contributed by atoms with E-state index in [4.69, 9.17) is 0 Å². The van der Waals surface area contributed by atoms with E-state index in [0.29, 0.717) is 5.82 Å². The Bertz CT molecular complexity index is 852. The van der Waals surface area contributed by atoms with Gasteiger partial charge in [-0.1, -0.05) is 0 Å². The number of nitrogens with zero attached hydrogens (tertiary/aromatic N) is 4. The lowest BCUT2D eigenvalue weighted by Crippen LogP contribution is -2.22. The average Bonchev–Trinajstić information content (AvgIpc) is 3.04. The zero-order valence-corrected chi connectivity index (χ0v) is 12.2. The molecule has 1 aliphatic rings. The van der Waals surface area contributed by atoms with Crippen LogP contribution in [0.15, 0.2) is 6.33 Å². The van der Waals surface area contributed by atoms with E-state index in [1.165, 1.54) is 23.3 Å². The van der Waals surface area contributed by atoms with Crippen LogP contribution in [-0.2, 0) is 24.1 Å². The molecule has 0 spiro atoms. The standard InChI is InChI=1S/C14H14N4O2S/c19-11(20)6-5-10-16-13-12-8-3-1-2-4-9(8)21-14(12)15-7-18(13)17-10/h7H,1-6H2,(H,19,20)/p-1. The van der Waals surface area contributed by atoms with Gasteiger partial charge in [0, 0.05) is 17.3 Å². The number of carboxylic acids is 1. The molecule has 3 heterocycles. The first-order valence-electron chi connectivity index (χ1n) is 7.07. The third-order valence-electron chi connectivity index (χ3n) is 3.89. The Morgan fingerprint density at radius 2 is 2.24 bits per heavy atom. The molecule has 0 bridgehead atoms. The van der Waals surface area contributed by atoms with Crippen LogP contribution in [0.5, 0.6) is 0 Å². The number of aromatic nitrogens is 4. The molecule has 0 unspecified atom stereocenters. The Hall–Kier alpha value is -2.02. The summed E-state index contributed by atoms with van der Waals surface area (Å²) in [4.78, 5) is 22.0. The summed E-state index contributed by atoms with van der Waals surface area (Å²) >= 11 is 1.75. The first-order chi connectivity index (χ1) is 10.2. The smallest absolute Gasteiger partial charge is 0.167 e. The summed E-state index contributed by atoms with van der Waals surface area (Å²) < 4.78 is 1.66. The minimum Gasteiger partial charge on any atom is -0.550 e. The average molecular weight is 301 g/mol. The van der Waals surface area contributed by atoms with Gasteiger partial charge in [-0.3, -0.25) is 0 Å². The second-order valence-electron chi connectivity index (χ2n) is 5.30. The zero-order chi connectivity index (χ0) is 14.4. The highest BCUT2D eigenvalue weighted by molar-refractivity contribution is 7.19. The second kappa shape index (κ2) is 4.77. The van der Waals surface area contributed by atoms with Gasteiger partial charge in [-0.15, -0.1) is 16.4 Å². The maximum Gasteiger partial charge on any atom is 0.167 e. The summed E-state index contributed by atoms with van der Waals surface area (Å²) in [6.45, 7) is 0. The molecule has 3 aromatic heterocycles. The Morgan fingerprint density at radius 3 is 3.10 bits per heavy atom. The third-order valence-corrected chi connectivity index (χ3v) is 5.09. The third kappa shape index (κ3) is 2.08. The largest absolute Gasteiger partial charge is 0.550 e. The van der Waals surface area contributed by atoms with Crippen molar-refractivity contribution in [1.29, 1.82) is 0 Å². The first kappa shape index (κ1) is 12.7. The number of carbonyl (C=O) groups excluding carboxylic acids is 1. The summed E-state index contributed by atoms with van der Waals surface area (Å²) in [6, 6.07) is 0. The van der Waals surface area contributed by atoms with Gasteiger partial charge in [0.1, 0.15) is 11.2 Å². The minimum absolute atomic E-state index is 0.0603. The fraction of sp³-hybridized carbons (Fsp3) is 0.429. The zero-order valence-electron chi connectivity index (χ0n) is 11.3. The van der Waals surface area contributed by atoms with Crippen LogP contribution < -0.4 is 5.11 Å². The van der Waals surface area contributed by atoms with Gasteiger partial charge in [0.25, 0.3) is 0 Å². The number of thiophene rings is 1. The van der Waals surface area contributed by atoms with Gasteiger partial charge >= 0.3 is 0 Å². The molecule has 0 saturated carbocycles. The summed E-state index contributed by atoms with van der Waals surface area (Å²) in [5.74, 6) is -0.547. The van der Waals surface area contributed by atoms with Crippen molar-refractivity contribution in [1.82, 2.24) is 19.6 Å². The highest BCUT2D eigenvalue weighted by atomic mass is 32.1. The molecule has 3 aromatic rings. The van der Waals surface area contributed by atoms with Crippen molar-refractivity contribution in [2.45, 2.75) is 38.5 Å². The number of hydrogen-bond donors (Lipinski definition) is 0. The Morgan fingerprint density at radius 1 is 1.38 bits per heavy atom. The lowest BCUT2D eigenvalue weighted by atomic mass is 9.97. The van der Waals surface area contributed by atoms with Crippen LogP contribution in [0.3, 0.4) is 0 Å². The molecule has 0 radical (unpaired) electrons. The first-order valence-corrected chi connectivity index (χ1v) is 7.88. The van der Waals surface area contributed by atoms with Crippen molar-refractivity contribution >= 4 is 33.2 Å². The summed E-state index contributed by atoms with van der Waals surface area (Å²) in [5, 5.41) is 16.0. The predicted molar refractivity (Wildman–Crippen MR) is 76.1 cm³/mol. The van der Waals surface area contributed by atoms with Crippen molar-refractivity contribution in [3.63, 3.8) is 0 Å². The lowest BCUT2D eigenvalue weighted by Gasteiger charge is -2.09. The topological polar surface area (TPSA) is 83.2 Å². The Labute approximate surface area is 124 Å². The summed E-state index contributed by atoms with van der Waals surface area (Å²) in [5.41, 5.74) is 2.16. The monoisotopic (exact) mass is 301 g/mol. The molecule has 21 heavy (non-hydrogen) atoms. The highest BCUT2D eigenvalue weighted by Gasteiger charge is 2.20. The molecule has 4 rings (SSSR count). The maximum atomic E-state index is 10.6. The molecule has 0 fully saturated rings. The molecule has 0 amide bonds. The van der Waals surface area contributed by atoms with Gasteiger partial charge in [-0.05, 0) is 37.7 Å². The van der Waals surface area contributed by atoms with Gasteiger partial charge in [0.2, 0.25) is 0 Å². The van der Waals surface area contributed by atoms with Crippen LogP contribution in [0.25, 0.3) is 15.9 Å². The Kier molecular flexibility index (Phi) is 2.88. The molecule has 7 heteroatoms. The van der Waals surface area contributed by atoms with E-state index in [-0.39, 0.29) is 12.8 Å². The SMILES string of the molecule is O=C([O-])CCc1nc2c3c4c(sc3ncn2n1)CCCC4. The molecular weight excluding hydrogens is 288 g/mol. The molecule has 6 nitrogen and oxygen atoms in total. The van der Waals surface area contributed by atoms with Gasteiger partial charge in [0.15, 0.2) is 11.5 Å². The molecular formula is C14H13N4O2S-. The number of fused-ring (bicyclic) bond motifs is 5. The van der Waals surface area contributed by atoms with Gasteiger partial charge < -0.3 is 9.90 Å². The van der Waals surface area contributed by atoms with Gasteiger partial charge in [-0.25, -0.2) is 14.5 Å². The number of carboxylic acid groups (broad SMARTS) is 1. The van der Waals surface area contributed by atoms with Crippen molar-refractivity contribution in [3.8, 4) is 0 Å². The van der Waals surface area contributed by atoms with Crippen LogP contribution >= 0.6 is 11.3 Å². The number of hydrogen-bond acceptors (Lipinski definition) is 6. The van der Waals surface area contributed by atoms with Gasteiger partial charge in [-0.2, -0.15) is 0 Å². The van der Waals surface area contributed by atoms with E-state index in [0.717, 1.165) is 28.7 Å². The minimum atomic E-state index is -1.08. The summed E-state index contributed by atoms with van der Waals surface area (Å²) in [6.07, 6.45) is 6.51. The van der Waals surface area contributed by atoms with Gasteiger partial charge in [0.05, 0.1) is 5.39 Å². The lowest BCUT2D eigenvalue weighted by molar-refractivity contribution is -0.305. The fourth-order valence-electron chi connectivity index (χ4n) is 2.92. The number of aryl methyl sites for hydroxylation is 3. The highest BCUT2D eigenvalue weighted by Crippen LogP contribution is 2.36. The van der Waals surface area contributed by atoms with Crippen LogP contribution in [0, 0.1) is 0 Å². The number of aliphatic carboxylic acids is 1. The molecule has 0 aliphatic heterocycles. The van der Waals surface area contributed by atoms with E-state index in [1.54, 1.807) is 22.2 Å². The maximum absolute atomic E-state index is 10.6. The molecule has 0 saturated heterocycles. The van der Waals surface area contributed by atoms with E-state index in [1.807, 2.05) is 0 Å². The normalized spacial score (nSPS) is 14.7. The van der Waals surface area contributed by atoms with Crippen molar-refractivity contribution in [2.75, 3.05) is 0 Å². The van der Waals surface area contributed by atoms with Crippen LogP contribution in [0.1, 0.15) is 35.5 Å². The van der Waals surface area contributed by atoms with E-state index >= 15 is 0 Å². The molecule has 1 aliphatic carbocycles. The molecule has 0 N–H and O–H groups in total. The van der Waals surface area contributed by atoms with E-state index in [9.17, 15) is 9.90 Å². The van der Waals surface area contributed by atoms with Crippen molar-refractivity contribution in [3.05, 3.63) is 22.6 Å². The fourth-order valence-corrected chi connectivity index (χ4v) is 4.14. The number of rotatable bonds is 3. The van der Waals surface area contributed by atoms with E-state index in [2.05, 4.69) is 15.1 Å². The number of carbonyl (C=O) groups is 1. The summed E-state index contributed by atoms with van der Waals surface area (Å²) in [7, 11) is 0. The molecule has 0 aromatic carbocycles. The predicted octanol–water partition coefficient (Wildman–Crippen LogP) is 0.900. The van der Waals surface area contributed by atoms with Crippen LogP contribution in [-0.4, -0.2) is 25.6 Å².